The minimum Gasteiger partial charge on any atom is -0.390 e. The van der Waals surface area contributed by atoms with Crippen molar-refractivity contribution in [2.24, 2.45) is 0 Å². The molecule has 1 fully saturated rings. The van der Waals surface area contributed by atoms with Crippen LogP contribution in [0, 0.1) is 5.82 Å². The molecular formula is C13H19FN2O3S. The normalized spacial score (nSPS) is 24.4. The second-order valence-corrected chi connectivity index (χ2v) is 7.24. The van der Waals surface area contributed by atoms with Crippen LogP contribution in [-0.4, -0.2) is 61.3 Å². The third-order valence-corrected chi connectivity index (χ3v) is 4.84. The van der Waals surface area contributed by atoms with Gasteiger partial charge in [0, 0.05) is 19.6 Å². The average Bonchev–Trinajstić information content (AvgIpc) is 2.74. The number of β-amino-alcohol motifs (C(OH)–C–C–N with tert-alkyl or cyclic N) is 1. The number of benzene rings is 1. The van der Waals surface area contributed by atoms with E-state index >= 15 is 0 Å². The molecule has 0 bridgehead atoms. The lowest BCUT2D eigenvalue weighted by Gasteiger charge is -2.26. The first kappa shape index (κ1) is 15.4. The van der Waals surface area contributed by atoms with Crippen LogP contribution in [0.5, 0.6) is 0 Å². The maximum atomic E-state index is 12.8. The van der Waals surface area contributed by atoms with Crippen LogP contribution in [0.15, 0.2) is 24.3 Å². The fourth-order valence-electron chi connectivity index (χ4n) is 2.43. The van der Waals surface area contributed by atoms with Crippen LogP contribution in [0.2, 0.25) is 0 Å². The molecule has 7 heteroatoms. The first-order chi connectivity index (χ1) is 9.27. The van der Waals surface area contributed by atoms with Crippen LogP contribution in [0.4, 0.5) is 4.39 Å². The van der Waals surface area contributed by atoms with Crippen molar-refractivity contribution in [2.75, 3.05) is 26.4 Å². The molecule has 2 rings (SSSR count). The molecule has 1 aromatic carbocycles. The van der Waals surface area contributed by atoms with Crippen molar-refractivity contribution in [3.63, 3.8) is 0 Å². The SMILES string of the molecule is CN(Cc1ccc(F)cc1)[C@@H]1CN(S(C)(=O)=O)C[C@H]1O. The third kappa shape index (κ3) is 3.54. The standard InChI is InChI=1S/C13H19FN2O3S/c1-15(7-10-3-5-11(14)6-4-10)12-8-16(9-13(12)17)20(2,18)19/h3-6,12-13,17H,7-9H2,1-2H3/t12-,13-/m1/s1. The Hall–Kier alpha value is -1.02. The Morgan fingerprint density at radius 3 is 2.45 bits per heavy atom. The predicted octanol–water partition coefficient (Wildman–Crippen LogP) is 0.262. The zero-order chi connectivity index (χ0) is 14.9. The number of sulfonamides is 1. The Morgan fingerprint density at radius 2 is 1.95 bits per heavy atom. The van der Waals surface area contributed by atoms with Gasteiger partial charge in [0.1, 0.15) is 5.82 Å². The summed E-state index contributed by atoms with van der Waals surface area (Å²) in [6.07, 6.45) is 0.428. The van der Waals surface area contributed by atoms with Crippen molar-refractivity contribution >= 4 is 10.0 Å². The Kier molecular flexibility index (Phi) is 4.43. The molecule has 0 saturated carbocycles. The van der Waals surface area contributed by atoms with Gasteiger partial charge in [-0.3, -0.25) is 4.90 Å². The van der Waals surface area contributed by atoms with Crippen LogP contribution >= 0.6 is 0 Å². The van der Waals surface area contributed by atoms with Gasteiger partial charge in [-0.15, -0.1) is 0 Å². The van der Waals surface area contributed by atoms with E-state index in [0.717, 1.165) is 11.8 Å². The highest BCUT2D eigenvalue weighted by atomic mass is 32.2. The van der Waals surface area contributed by atoms with E-state index in [0.29, 0.717) is 6.54 Å². The zero-order valence-electron chi connectivity index (χ0n) is 11.5. The number of nitrogens with zero attached hydrogens (tertiary/aromatic N) is 2. The van der Waals surface area contributed by atoms with Gasteiger partial charge in [0.25, 0.3) is 0 Å². The summed E-state index contributed by atoms with van der Waals surface area (Å²) in [6, 6.07) is 5.88. The summed E-state index contributed by atoms with van der Waals surface area (Å²) in [7, 11) is -1.46. The maximum absolute atomic E-state index is 12.8. The molecular weight excluding hydrogens is 283 g/mol. The van der Waals surface area contributed by atoms with Crippen molar-refractivity contribution in [3.8, 4) is 0 Å². The Balaban J connectivity index is 2.02. The van der Waals surface area contributed by atoms with Gasteiger partial charge in [-0.05, 0) is 24.7 Å². The highest BCUT2D eigenvalue weighted by Gasteiger charge is 2.37. The number of aliphatic hydroxyl groups is 1. The van der Waals surface area contributed by atoms with Crippen molar-refractivity contribution in [1.29, 1.82) is 0 Å². The van der Waals surface area contributed by atoms with Crippen molar-refractivity contribution in [1.82, 2.24) is 9.21 Å². The lowest BCUT2D eigenvalue weighted by Crippen LogP contribution is -2.40. The fraction of sp³-hybridized carbons (Fsp3) is 0.538. The van der Waals surface area contributed by atoms with Gasteiger partial charge in [-0.1, -0.05) is 12.1 Å². The molecule has 1 N–H and O–H groups in total. The summed E-state index contributed by atoms with van der Waals surface area (Å²) in [5.41, 5.74) is 0.916. The average molecular weight is 302 g/mol. The van der Waals surface area contributed by atoms with E-state index in [-0.39, 0.29) is 24.9 Å². The van der Waals surface area contributed by atoms with E-state index in [1.165, 1.54) is 16.4 Å². The first-order valence-corrected chi connectivity index (χ1v) is 8.20. The van der Waals surface area contributed by atoms with Gasteiger partial charge < -0.3 is 5.11 Å². The Bertz CT molecular complexity index is 561. The molecule has 1 saturated heterocycles. The van der Waals surface area contributed by atoms with E-state index in [1.807, 2.05) is 11.9 Å². The summed E-state index contributed by atoms with van der Waals surface area (Å²) >= 11 is 0. The molecule has 5 nitrogen and oxygen atoms in total. The van der Waals surface area contributed by atoms with Crippen LogP contribution in [-0.2, 0) is 16.6 Å². The van der Waals surface area contributed by atoms with E-state index in [4.69, 9.17) is 0 Å². The molecule has 0 unspecified atom stereocenters. The van der Waals surface area contributed by atoms with Gasteiger partial charge in [-0.25, -0.2) is 12.8 Å². The fourth-order valence-corrected chi connectivity index (χ4v) is 3.28. The van der Waals surface area contributed by atoms with Crippen molar-refractivity contribution in [3.05, 3.63) is 35.6 Å². The molecule has 20 heavy (non-hydrogen) atoms. The molecule has 0 radical (unpaired) electrons. The van der Waals surface area contributed by atoms with Crippen molar-refractivity contribution in [2.45, 2.75) is 18.7 Å². The highest BCUT2D eigenvalue weighted by molar-refractivity contribution is 7.88. The molecule has 1 aliphatic heterocycles. The lowest BCUT2D eigenvalue weighted by atomic mass is 10.1. The van der Waals surface area contributed by atoms with Gasteiger partial charge in [-0.2, -0.15) is 4.31 Å². The molecule has 1 aromatic rings. The number of hydrogen-bond acceptors (Lipinski definition) is 4. The third-order valence-electron chi connectivity index (χ3n) is 3.61. The number of likely N-dealkylation sites (N-methyl/N-ethyl adjacent to an activating group) is 1. The molecule has 112 valence electrons. The van der Waals surface area contributed by atoms with Gasteiger partial charge in [0.2, 0.25) is 10.0 Å². The molecule has 2 atom stereocenters. The van der Waals surface area contributed by atoms with E-state index in [2.05, 4.69) is 0 Å². The largest absolute Gasteiger partial charge is 0.390 e. The molecule has 0 aromatic heterocycles. The van der Waals surface area contributed by atoms with E-state index in [9.17, 15) is 17.9 Å². The quantitative estimate of drug-likeness (QED) is 0.867. The molecule has 0 amide bonds. The Morgan fingerprint density at radius 1 is 1.35 bits per heavy atom. The van der Waals surface area contributed by atoms with Crippen LogP contribution < -0.4 is 0 Å². The summed E-state index contributed by atoms with van der Waals surface area (Å²) in [5.74, 6) is -0.291. The summed E-state index contributed by atoms with van der Waals surface area (Å²) < 4.78 is 37.1. The number of halogens is 1. The van der Waals surface area contributed by atoms with Crippen molar-refractivity contribution < 1.29 is 17.9 Å². The minimum absolute atomic E-state index is 0.122. The van der Waals surface area contributed by atoms with Gasteiger partial charge >= 0.3 is 0 Å². The smallest absolute Gasteiger partial charge is 0.211 e. The first-order valence-electron chi connectivity index (χ1n) is 6.35. The van der Waals surface area contributed by atoms with E-state index < -0.39 is 16.1 Å². The van der Waals surface area contributed by atoms with Gasteiger partial charge in [0.05, 0.1) is 18.4 Å². The lowest BCUT2D eigenvalue weighted by molar-refractivity contribution is 0.0953. The van der Waals surface area contributed by atoms with Gasteiger partial charge in [0.15, 0.2) is 0 Å². The van der Waals surface area contributed by atoms with Crippen LogP contribution in [0.25, 0.3) is 0 Å². The van der Waals surface area contributed by atoms with Crippen LogP contribution in [0.3, 0.4) is 0 Å². The molecule has 1 aliphatic rings. The molecule has 0 spiro atoms. The van der Waals surface area contributed by atoms with E-state index in [1.54, 1.807) is 12.1 Å². The number of hydrogen-bond donors (Lipinski definition) is 1. The predicted molar refractivity (Wildman–Crippen MR) is 74.1 cm³/mol. The second-order valence-electron chi connectivity index (χ2n) is 5.26. The summed E-state index contributed by atoms with van der Waals surface area (Å²) in [6.45, 7) is 0.925. The highest BCUT2D eigenvalue weighted by Crippen LogP contribution is 2.19. The Labute approximate surface area is 118 Å². The zero-order valence-corrected chi connectivity index (χ0v) is 12.3. The molecule has 1 heterocycles. The number of rotatable bonds is 4. The second kappa shape index (κ2) is 5.77. The monoisotopic (exact) mass is 302 g/mol. The maximum Gasteiger partial charge on any atom is 0.211 e. The number of aliphatic hydroxyl groups excluding tert-OH is 1. The molecule has 0 aliphatic carbocycles. The minimum atomic E-state index is -3.28. The summed E-state index contributed by atoms with van der Waals surface area (Å²) in [5, 5.41) is 10.0. The summed E-state index contributed by atoms with van der Waals surface area (Å²) in [4.78, 5) is 1.89. The topological polar surface area (TPSA) is 60.9 Å². The van der Waals surface area contributed by atoms with Crippen LogP contribution in [0.1, 0.15) is 5.56 Å².